The summed E-state index contributed by atoms with van der Waals surface area (Å²) in [5.74, 6) is 0.589. The van der Waals surface area contributed by atoms with Crippen molar-refractivity contribution in [3.05, 3.63) is 0 Å². The van der Waals surface area contributed by atoms with Crippen LogP contribution in [0.5, 0.6) is 0 Å². The zero-order valence-corrected chi connectivity index (χ0v) is 9.10. The number of hydrogen-bond donors (Lipinski definition) is 1. The zero-order valence-electron chi connectivity index (χ0n) is 8.34. The molecule has 74 valence electrons. The van der Waals surface area contributed by atoms with Crippen molar-refractivity contribution in [2.75, 3.05) is 0 Å². The van der Waals surface area contributed by atoms with Gasteiger partial charge in [0.1, 0.15) is 0 Å². The Morgan fingerprint density at radius 2 is 2.08 bits per heavy atom. The monoisotopic (exact) mass is 201 g/mol. The van der Waals surface area contributed by atoms with Crippen molar-refractivity contribution in [2.24, 2.45) is 21.9 Å². The van der Waals surface area contributed by atoms with Crippen LogP contribution < -0.4 is 0 Å². The van der Waals surface area contributed by atoms with Crippen LogP contribution in [0, 0.1) is 16.7 Å². The Bertz CT molecular complexity index is 274. The lowest BCUT2D eigenvalue weighted by Gasteiger charge is -2.38. The highest BCUT2D eigenvalue weighted by molar-refractivity contribution is 6.24. The first kappa shape index (κ1) is 9.32. The first-order chi connectivity index (χ1) is 5.93. The molecule has 0 heterocycles. The summed E-state index contributed by atoms with van der Waals surface area (Å²) < 4.78 is 0. The van der Waals surface area contributed by atoms with Crippen molar-refractivity contribution < 1.29 is 5.21 Å². The molecule has 2 bridgehead atoms. The van der Waals surface area contributed by atoms with E-state index in [1.807, 2.05) is 0 Å². The van der Waals surface area contributed by atoms with Gasteiger partial charge in [-0.2, -0.15) is 0 Å². The maximum absolute atomic E-state index is 8.87. The van der Waals surface area contributed by atoms with Gasteiger partial charge in [-0.3, -0.25) is 0 Å². The molecule has 0 amide bonds. The summed E-state index contributed by atoms with van der Waals surface area (Å²) >= 11 is 6.42. The van der Waals surface area contributed by atoms with Crippen molar-refractivity contribution >= 4 is 17.3 Å². The normalized spacial score (nSPS) is 50.3. The Hall–Kier alpha value is -0.240. The van der Waals surface area contributed by atoms with Crippen molar-refractivity contribution in [1.82, 2.24) is 0 Å². The minimum atomic E-state index is -0.0650. The molecule has 3 heteroatoms. The second-order valence-electron chi connectivity index (χ2n) is 5.25. The average Bonchev–Trinajstić information content (AvgIpc) is 2.48. The second kappa shape index (κ2) is 2.41. The summed E-state index contributed by atoms with van der Waals surface area (Å²) in [7, 11) is 0. The Balaban J connectivity index is 2.42. The minimum absolute atomic E-state index is 0.0650. The lowest BCUT2D eigenvalue weighted by Crippen LogP contribution is -2.41. The maximum Gasteiger partial charge on any atom is 0.0647 e. The van der Waals surface area contributed by atoms with E-state index in [4.69, 9.17) is 16.8 Å². The Labute approximate surface area is 84.0 Å². The van der Waals surface area contributed by atoms with Gasteiger partial charge in [0.15, 0.2) is 0 Å². The van der Waals surface area contributed by atoms with E-state index < -0.39 is 0 Å². The molecule has 2 rings (SSSR count). The first-order valence-electron chi connectivity index (χ1n) is 4.78. The molecule has 2 nitrogen and oxygen atoms in total. The number of halogens is 1. The fourth-order valence-corrected chi connectivity index (χ4v) is 3.52. The lowest BCUT2D eigenvalue weighted by atomic mass is 9.71. The first-order valence-corrected chi connectivity index (χ1v) is 5.22. The highest BCUT2D eigenvalue weighted by atomic mass is 35.5. The molecule has 2 fully saturated rings. The number of oxime groups is 1. The van der Waals surface area contributed by atoms with Crippen LogP contribution in [0.15, 0.2) is 5.16 Å². The van der Waals surface area contributed by atoms with Crippen molar-refractivity contribution in [3.8, 4) is 0 Å². The number of rotatable bonds is 0. The second-order valence-corrected chi connectivity index (χ2v) is 5.69. The van der Waals surface area contributed by atoms with Crippen LogP contribution >= 0.6 is 11.6 Å². The van der Waals surface area contributed by atoms with Gasteiger partial charge in [0.05, 0.1) is 5.71 Å². The van der Waals surface area contributed by atoms with Gasteiger partial charge in [-0.25, -0.2) is 0 Å². The third-order valence-electron chi connectivity index (χ3n) is 4.15. The summed E-state index contributed by atoms with van der Waals surface area (Å²) in [6.07, 6.45) is 2.00. The van der Waals surface area contributed by atoms with Crippen LogP contribution in [0.4, 0.5) is 0 Å². The zero-order chi connectivity index (χ0) is 9.85. The SMILES string of the molecule is CC12CC(C/C1=N\O)C(C)(C)C2Cl. The van der Waals surface area contributed by atoms with Crippen LogP contribution in [0.3, 0.4) is 0 Å². The molecule has 0 spiro atoms. The molecular formula is C10H16ClNO. The van der Waals surface area contributed by atoms with Crippen molar-refractivity contribution in [2.45, 2.75) is 39.0 Å². The summed E-state index contributed by atoms with van der Waals surface area (Å²) in [5.41, 5.74) is 1.02. The third kappa shape index (κ3) is 0.927. The Morgan fingerprint density at radius 3 is 2.46 bits per heavy atom. The van der Waals surface area contributed by atoms with Crippen LogP contribution in [-0.2, 0) is 0 Å². The van der Waals surface area contributed by atoms with Gasteiger partial charge in [0.25, 0.3) is 0 Å². The van der Waals surface area contributed by atoms with E-state index >= 15 is 0 Å². The maximum atomic E-state index is 8.87. The Morgan fingerprint density at radius 1 is 1.46 bits per heavy atom. The fourth-order valence-electron chi connectivity index (χ4n) is 3.13. The Kier molecular flexibility index (Phi) is 1.73. The number of nitrogens with zero attached hydrogens (tertiary/aromatic N) is 1. The highest BCUT2D eigenvalue weighted by Crippen LogP contribution is 2.63. The predicted molar refractivity (Wildman–Crippen MR) is 53.5 cm³/mol. The van der Waals surface area contributed by atoms with E-state index in [2.05, 4.69) is 25.9 Å². The highest BCUT2D eigenvalue weighted by Gasteiger charge is 2.62. The number of alkyl halides is 1. The minimum Gasteiger partial charge on any atom is -0.411 e. The van der Waals surface area contributed by atoms with Crippen LogP contribution in [0.1, 0.15) is 33.6 Å². The van der Waals surface area contributed by atoms with Gasteiger partial charge in [0, 0.05) is 10.8 Å². The van der Waals surface area contributed by atoms with Crippen LogP contribution in [0.2, 0.25) is 0 Å². The van der Waals surface area contributed by atoms with E-state index in [-0.39, 0.29) is 16.2 Å². The molecule has 0 radical (unpaired) electrons. The average molecular weight is 202 g/mol. The van der Waals surface area contributed by atoms with E-state index in [1.54, 1.807) is 0 Å². The summed E-state index contributed by atoms with van der Waals surface area (Å²) in [5, 5.41) is 12.4. The van der Waals surface area contributed by atoms with E-state index in [0.29, 0.717) is 5.92 Å². The van der Waals surface area contributed by atoms with Crippen LogP contribution in [0.25, 0.3) is 0 Å². The molecule has 2 saturated carbocycles. The third-order valence-corrected chi connectivity index (χ3v) is 5.20. The van der Waals surface area contributed by atoms with E-state index in [9.17, 15) is 0 Å². The molecule has 3 unspecified atom stereocenters. The molecule has 1 N–H and O–H groups in total. The molecule has 2 aliphatic rings. The molecule has 0 saturated heterocycles. The fraction of sp³-hybridized carbons (Fsp3) is 0.900. The van der Waals surface area contributed by atoms with Gasteiger partial charge in [0.2, 0.25) is 0 Å². The molecule has 0 aliphatic heterocycles. The van der Waals surface area contributed by atoms with Crippen LogP contribution in [-0.4, -0.2) is 16.3 Å². The molecule has 13 heavy (non-hydrogen) atoms. The standard InChI is InChI=1S/C10H16ClNO/c1-9(2)6-4-7(12-13)10(3,5-6)8(9)11/h6,8,13H,4-5H2,1-3H3/b12-7+. The predicted octanol–water partition coefficient (Wildman–Crippen LogP) is 2.88. The molecule has 0 aromatic heterocycles. The molecule has 2 aliphatic carbocycles. The quantitative estimate of drug-likeness (QED) is 0.365. The van der Waals surface area contributed by atoms with Gasteiger partial charge in [-0.05, 0) is 24.2 Å². The number of fused-ring (bicyclic) bond motifs is 2. The summed E-state index contributed by atoms with van der Waals surface area (Å²) in [6.45, 7) is 6.55. The largest absolute Gasteiger partial charge is 0.411 e. The summed E-state index contributed by atoms with van der Waals surface area (Å²) in [6, 6.07) is 0. The molecule has 3 atom stereocenters. The van der Waals surface area contributed by atoms with Gasteiger partial charge in [-0.15, -0.1) is 11.6 Å². The molecular weight excluding hydrogens is 186 g/mol. The van der Waals surface area contributed by atoms with E-state index in [1.165, 1.54) is 0 Å². The van der Waals surface area contributed by atoms with Crippen molar-refractivity contribution in [3.63, 3.8) is 0 Å². The number of hydrogen-bond acceptors (Lipinski definition) is 2. The van der Waals surface area contributed by atoms with E-state index in [0.717, 1.165) is 18.6 Å². The molecule has 0 aromatic rings. The van der Waals surface area contributed by atoms with Gasteiger partial charge in [-0.1, -0.05) is 25.9 Å². The smallest absolute Gasteiger partial charge is 0.0647 e. The van der Waals surface area contributed by atoms with Crippen molar-refractivity contribution in [1.29, 1.82) is 0 Å². The lowest BCUT2D eigenvalue weighted by molar-refractivity contribution is 0.243. The molecule has 0 aromatic carbocycles. The summed E-state index contributed by atoms with van der Waals surface area (Å²) in [4.78, 5) is 0. The van der Waals surface area contributed by atoms with Gasteiger partial charge < -0.3 is 5.21 Å². The van der Waals surface area contributed by atoms with Gasteiger partial charge >= 0.3 is 0 Å². The topological polar surface area (TPSA) is 32.6 Å².